The SMILES string of the molecule is COc1ccc(CNc2nc3cc(-c4ccnn4C4CCCCO4)ccc3n3cc(C(=O)NCCO)cc23)cc1. The van der Waals surface area contributed by atoms with Gasteiger partial charge in [0.1, 0.15) is 5.75 Å². The monoisotopic (exact) mass is 540 g/mol. The standard InChI is InChI=1S/C30H32N6O4/c1-39-23-8-5-20(6-9-23)18-32-29-27-17-22(30(38)31-13-14-37)19-35(27)26-10-7-21(16-24(26)34-29)25-11-12-33-36(25)28-4-2-3-15-40-28/h5-12,16-17,19,28,37H,2-4,13-15,18H2,1H3,(H,31,38)(H,32,34). The van der Waals surface area contributed by atoms with E-state index in [9.17, 15) is 4.79 Å². The first-order valence-electron chi connectivity index (χ1n) is 13.5. The molecular formula is C30H32N6O4. The number of hydrogen-bond acceptors (Lipinski definition) is 7. The highest BCUT2D eigenvalue weighted by molar-refractivity contribution is 5.98. The zero-order chi connectivity index (χ0) is 27.5. The van der Waals surface area contributed by atoms with Gasteiger partial charge in [0, 0.05) is 37.7 Å². The second-order valence-corrected chi connectivity index (χ2v) is 9.81. The lowest BCUT2D eigenvalue weighted by Gasteiger charge is -2.24. The summed E-state index contributed by atoms with van der Waals surface area (Å²) in [5, 5.41) is 19.9. The Hall–Kier alpha value is -4.41. The third kappa shape index (κ3) is 5.11. The maximum absolute atomic E-state index is 12.7. The van der Waals surface area contributed by atoms with Crippen LogP contribution in [0.25, 0.3) is 27.8 Å². The third-order valence-corrected chi connectivity index (χ3v) is 7.20. The second-order valence-electron chi connectivity index (χ2n) is 9.81. The molecule has 0 spiro atoms. The minimum Gasteiger partial charge on any atom is -0.497 e. The van der Waals surface area contributed by atoms with Crippen molar-refractivity contribution in [1.82, 2.24) is 24.5 Å². The Morgan fingerprint density at radius 1 is 1.12 bits per heavy atom. The zero-order valence-corrected chi connectivity index (χ0v) is 22.3. The van der Waals surface area contributed by atoms with Crippen molar-refractivity contribution < 1.29 is 19.4 Å². The first-order chi connectivity index (χ1) is 19.6. The molecule has 0 aliphatic carbocycles. The molecule has 1 amide bonds. The number of ether oxygens (including phenoxy) is 2. The van der Waals surface area contributed by atoms with Crippen molar-refractivity contribution in [3.05, 3.63) is 78.1 Å². The predicted molar refractivity (Wildman–Crippen MR) is 152 cm³/mol. The molecule has 1 aliphatic heterocycles. The van der Waals surface area contributed by atoms with E-state index in [0.717, 1.165) is 65.0 Å². The van der Waals surface area contributed by atoms with Crippen molar-refractivity contribution in [1.29, 1.82) is 0 Å². The van der Waals surface area contributed by atoms with Crippen molar-refractivity contribution in [3.63, 3.8) is 0 Å². The highest BCUT2D eigenvalue weighted by atomic mass is 16.5. The number of nitrogens with one attached hydrogen (secondary N) is 2. The van der Waals surface area contributed by atoms with Crippen LogP contribution in [0.4, 0.5) is 5.82 Å². The molecule has 1 atom stereocenters. The Morgan fingerprint density at radius 2 is 2.00 bits per heavy atom. The maximum Gasteiger partial charge on any atom is 0.252 e. The zero-order valence-electron chi connectivity index (χ0n) is 22.3. The fraction of sp³-hybridized carbons (Fsp3) is 0.300. The summed E-state index contributed by atoms with van der Waals surface area (Å²) in [7, 11) is 1.65. The summed E-state index contributed by atoms with van der Waals surface area (Å²) in [6, 6.07) is 17.8. The second kappa shape index (κ2) is 11.4. The Labute approximate surface area is 231 Å². The lowest BCUT2D eigenvalue weighted by molar-refractivity contribution is -0.0383. The van der Waals surface area contributed by atoms with Gasteiger partial charge in [-0.25, -0.2) is 9.67 Å². The number of fused-ring (bicyclic) bond motifs is 3. The number of nitrogens with zero attached hydrogens (tertiary/aromatic N) is 4. The Bertz CT molecular complexity index is 1640. The van der Waals surface area contributed by atoms with Gasteiger partial charge in [-0.3, -0.25) is 4.79 Å². The van der Waals surface area contributed by atoms with Crippen molar-refractivity contribution in [3.8, 4) is 17.0 Å². The molecule has 10 heteroatoms. The van der Waals surface area contributed by atoms with Crippen LogP contribution in [-0.4, -0.2) is 57.0 Å². The van der Waals surface area contributed by atoms with E-state index >= 15 is 0 Å². The van der Waals surface area contributed by atoms with Gasteiger partial charge in [-0.15, -0.1) is 0 Å². The molecule has 0 radical (unpaired) electrons. The van der Waals surface area contributed by atoms with E-state index < -0.39 is 0 Å². The highest BCUT2D eigenvalue weighted by Crippen LogP contribution is 2.32. The normalized spacial score (nSPS) is 15.4. The van der Waals surface area contributed by atoms with E-state index in [1.807, 2.05) is 57.7 Å². The first kappa shape index (κ1) is 25.8. The Kier molecular flexibility index (Phi) is 7.35. The van der Waals surface area contributed by atoms with Crippen LogP contribution in [0.5, 0.6) is 5.75 Å². The fourth-order valence-electron chi connectivity index (χ4n) is 5.14. The lowest BCUT2D eigenvalue weighted by Crippen LogP contribution is -2.25. The van der Waals surface area contributed by atoms with E-state index in [2.05, 4.69) is 27.9 Å². The molecule has 1 fully saturated rings. The number of hydrogen-bond donors (Lipinski definition) is 3. The molecule has 40 heavy (non-hydrogen) atoms. The summed E-state index contributed by atoms with van der Waals surface area (Å²) in [6.45, 7) is 1.35. The molecule has 2 aromatic carbocycles. The van der Waals surface area contributed by atoms with Crippen LogP contribution in [0, 0.1) is 0 Å². The van der Waals surface area contributed by atoms with Crippen molar-refractivity contribution in [2.24, 2.45) is 0 Å². The van der Waals surface area contributed by atoms with Gasteiger partial charge in [0.05, 0.1) is 41.5 Å². The maximum atomic E-state index is 12.7. The number of anilines is 1. The van der Waals surface area contributed by atoms with Crippen LogP contribution >= 0.6 is 0 Å². The molecule has 1 saturated heterocycles. The number of aromatic nitrogens is 4. The lowest BCUT2D eigenvalue weighted by atomic mass is 10.1. The topological polar surface area (TPSA) is 115 Å². The molecule has 1 aliphatic rings. The Morgan fingerprint density at radius 3 is 2.77 bits per heavy atom. The van der Waals surface area contributed by atoms with Gasteiger partial charge in [0.15, 0.2) is 12.0 Å². The van der Waals surface area contributed by atoms with Gasteiger partial charge in [-0.05, 0) is 61.2 Å². The number of amides is 1. The summed E-state index contributed by atoms with van der Waals surface area (Å²) in [6.07, 6.45) is 6.67. The molecular weight excluding hydrogens is 508 g/mol. The van der Waals surface area contributed by atoms with Crippen molar-refractivity contribution in [2.45, 2.75) is 32.0 Å². The minimum absolute atomic E-state index is 0.0731. The summed E-state index contributed by atoms with van der Waals surface area (Å²) >= 11 is 0. The summed E-state index contributed by atoms with van der Waals surface area (Å²) in [5.41, 5.74) is 5.95. The number of methoxy groups -OCH3 is 1. The van der Waals surface area contributed by atoms with Gasteiger partial charge < -0.3 is 29.6 Å². The molecule has 4 heterocycles. The molecule has 10 nitrogen and oxygen atoms in total. The van der Waals surface area contributed by atoms with E-state index in [1.165, 1.54) is 0 Å². The molecule has 3 N–H and O–H groups in total. The van der Waals surface area contributed by atoms with Gasteiger partial charge in [0.25, 0.3) is 5.91 Å². The molecule has 6 rings (SSSR count). The molecule has 0 saturated carbocycles. The van der Waals surface area contributed by atoms with Crippen LogP contribution in [0.15, 0.2) is 67.0 Å². The van der Waals surface area contributed by atoms with Crippen LogP contribution in [0.2, 0.25) is 0 Å². The number of carbonyl (C=O) groups excluding carboxylic acids is 1. The third-order valence-electron chi connectivity index (χ3n) is 7.20. The number of aliphatic hydroxyl groups excluding tert-OH is 1. The average molecular weight is 541 g/mol. The largest absolute Gasteiger partial charge is 0.497 e. The van der Waals surface area contributed by atoms with E-state index in [4.69, 9.17) is 19.6 Å². The number of aliphatic hydroxyl groups is 1. The summed E-state index contributed by atoms with van der Waals surface area (Å²) in [5.74, 6) is 1.20. The van der Waals surface area contributed by atoms with E-state index in [-0.39, 0.29) is 25.3 Å². The van der Waals surface area contributed by atoms with Crippen LogP contribution in [0.3, 0.4) is 0 Å². The average Bonchev–Trinajstić information content (AvgIpc) is 3.68. The molecule has 0 bridgehead atoms. The predicted octanol–water partition coefficient (Wildman–Crippen LogP) is 4.39. The smallest absolute Gasteiger partial charge is 0.252 e. The summed E-state index contributed by atoms with van der Waals surface area (Å²) in [4.78, 5) is 17.8. The quantitative estimate of drug-likeness (QED) is 0.254. The van der Waals surface area contributed by atoms with Crippen LogP contribution in [0.1, 0.15) is 41.4 Å². The summed E-state index contributed by atoms with van der Waals surface area (Å²) < 4.78 is 15.2. The number of carbonyl (C=O) groups is 1. The van der Waals surface area contributed by atoms with Gasteiger partial charge in [-0.1, -0.05) is 18.2 Å². The minimum atomic E-state index is -0.250. The van der Waals surface area contributed by atoms with Gasteiger partial charge in [0.2, 0.25) is 0 Å². The number of benzene rings is 2. The van der Waals surface area contributed by atoms with Crippen molar-refractivity contribution >= 4 is 28.3 Å². The molecule has 206 valence electrons. The molecule has 1 unspecified atom stereocenters. The fourth-order valence-corrected chi connectivity index (χ4v) is 5.14. The molecule has 5 aromatic rings. The molecule has 3 aromatic heterocycles. The highest BCUT2D eigenvalue weighted by Gasteiger charge is 2.21. The van der Waals surface area contributed by atoms with Gasteiger partial charge in [-0.2, -0.15) is 5.10 Å². The van der Waals surface area contributed by atoms with E-state index in [1.54, 1.807) is 13.3 Å². The number of rotatable bonds is 9. The van der Waals surface area contributed by atoms with Crippen molar-refractivity contribution in [2.75, 3.05) is 32.2 Å². The Balaban J connectivity index is 1.40. The van der Waals surface area contributed by atoms with E-state index in [0.29, 0.717) is 17.9 Å². The first-order valence-corrected chi connectivity index (χ1v) is 13.5. The van der Waals surface area contributed by atoms with Crippen LogP contribution in [-0.2, 0) is 11.3 Å². The van der Waals surface area contributed by atoms with Crippen LogP contribution < -0.4 is 15.4 Å². The van der Waals surface area contributed by atoms with Gasteiger partial charge >= 0.3 is 0 Å².